The molecule has 0 saturated carbocycles. The number of fused-ring (bicyclic) bond motifs is 1. The molecule has 1 fully saturated rings. The molecule has 1 aliphatic heterocycles. The second kappa shape index (κ2) is 8.52. The minimum absolute atomic E-state index is 0.0405. The molecule has 1 unspecified atom stereocenters. The standard InChI is InChI=1S/C23H28N6O2/c1-15(2)20(13-24)27-7-9-28(10-8-27)23(30)17-12-19(21-6-5-11-31-21)26-22-18(17)14-25-29(22)16(3)4/h5-6,11-12,14-16,20H,7-10H2,1-4H3. The molecule has 8 nitrogen and oxygen atoms in total. The lowest BCUT2D eigenvalue weighted by Crippen LogP contribution is -2.52. The first-order valence-corrected chi connectivity index (χ1v) is 10.8. The molecule has 31 heavy (non-hydrogen) atoms. The van der Waals surface area contributed by atoms with Gasteiger partial charge in [0, 0.05) is 32.2 Å². The Morgan fingerprint density at radius 2 is 1.94 bits per heavy atom. The van der Waals surface area contributed by atoms with Gasteiger partial charge in [0.2, 0.25) is 0 Å². The summed E-state index contributed by atoms with van der Waals surface area (Å²) < 4.78 is 7.38. The summed E-state index contributed by atoms with van der Waals surface area (Å²) in [7, 11) is 0. The van der Waals surface area contributed by atoms with Crippen LogP contribution in [0.1, 0.15) is 44.1 Å². The zero-order chi connectivity index (χ0) is 22.1. The van der Waals surface area contributed by atoms with Crippen LogP contribution in [0.5, 0.6) is 0 Å². The van der Waals surface area contributed by atoms with Crippen molar-refractivity contribution in [3.05, 3.63) is 36.2 Å². The van der Waals surface area contributed by atoms with Crippen molar-refractivity contribution in [2.24, 2.45) is 5.92 Å². The lowest BCUT2D eigenvalue weighted by atomic mass is 10.0. The predicted molar refractivity (Wildman–Crippen MR) is 117 cm³/mol. The van der Waals surface area contributed by atoms with E-state index in [-0.39, 0.29) is 23.9 Å². The molecule has 0 bridgehead atoms. The lowest BCUT2D eigenvalue weighted by Gasteiger charge is -2.38. The van der Waals surface area contributed by atoms with Crippen molar-refractivity contribution >= 4 is 16.9 Å². The van der Waals surface area contributed by atoms with E-state index in [9.17, 15) is 10.1 Å². The first kappa shape index (κ1) is 21.1. The maximum Gasteiger partial charge on any atom is 0.254 e. The van der Waals surface area contributed by atoms with Crippen molar-refractivity contribution in [3.8, 4) is 17.5 Å². The summed E-state index contributed by atoms with van der Waals surface area (Å²) in [6.45, 7) is 10.7. The van der Waals surface area contributed by atoms with Gasteiger partial charge in [-0.2, -0.15) is 10.4 Å². The fraction of sp³-hybridized carbons (Fsp3) is 0.478. The molecule has 0 spiro atoms. The van der Waals surface area contributed by atoms with Crippen molar-refractivity contribution in [1.29, 1.82) is 5.26 Å². The summed E-state index contributed by atoms with van der Waals surface area (Å²) in [4.78, 5) is 22.3. The quantitative estimate of drug-likeness (QED) is 0.627. The molecule has 162 valence electrons. The minimum atomic E-state index is -0.125. The van der Waals surface area contributed by atoms with E-state index < -0.39 is 0 Å². The third-order valence-corrected chi connectivity index (χ3v) is 5.82. The van der Waals surface area contributed by atoms with Crippen molar-refractivity contribution in [3.63, 3.8) is 0 Å². The molecule has 1 aliphatic rings. The van der Waals surface area contributed by atoms with Gasteiger partial charge in [0.1, 0.15) is 11.7 Å². The third-order valence-electron chi connectivity index (χ3n) is 5.82. The Kier molecular flexibility index (Phi) is 5.79. The number of pyridine rings is 1. The fourth-order valence-corrected chi connectivity index (χ4v) is 4.15. The first-order chi connectivity index (χ1) is 14.9. The van der Waals surface area contributed by atoms with Gasteiger partial charge in [-0.05, 0) is 38.0 Å². The number of carbonyl (C=O) groups is 1. The van der Waals surface area contributed by atoms with E-state index in [1.165, 1.54) is 0 Å². The normalized spacial score (nSPS) is 16.2. The number of furan rings is 1. The van der Waals surface area contributed by atoms with Crippen LogP contribution in [0.2, 0.25) is 0 Å². The average Bonchev–Trinajstić information content (AvgIpc) is 3.43. The molecule has 3 aromatic rings. The fourth-order valence-electron chi connectivity index (χ4n) is 4.15. The SMILES string of the molecule is CC(C)C(C#N)N1CCN(C(=O)c2cc(-c3ccco3)nc3c2cnn3C(C)C)CC1. The molecule has 0 aromatic carbocycles. The summed E-state index contributed by atoms with van der Waals surface area (Å²) in [6.07, 6.45) is 3.32. The summed E-state index contributed by atoms with van der Waals surface area (Å²) >= 11 is 0. The van der Waals surface area contributed by atoms with Gasteiger partial charge in [0.05, 0.1) is 29.5 Å². The number of hydrogen-bond donors (Lipinski definition) is 0. The summed E-state index contributed by atoms with van der Waals surface area (Å²) in [6, 6.07) is 7.83. The molecule has 0 aliphatic carbocycles. The Bertz CT molecular complexity index is 1100. The van der Waals surface area contributed by atoms with Crippen LogP contribution in [0, 0.1) is 17.2 Å². The summed E-state index contributed by atoms with van der Waals surface area (Å²) in [5, 5.41) is 14.7. The Morgan fingerprint density at radius 1 is 1.19 bits per heavy atom. The molecule has 0 radical (unpaired) electrons. The van der Waals surface area contributed by atoms with Crippen LogP contribution in [0.3, 0.4) is 0 Å². The molecule has 1 saturated heterocycles. The molecule has 4 rings (SSSR count). The van der Waals surface area contributed by atoms with E-state index in [0.29, 0.717) is 48.8 Å². The molecular formula is C23H28N6O2. The Labute approximate surface area is 182 Å². The van der Waals surface area contributed by atoms with Gasteiger partial charge < -0.3 is 9.32 Å². The topological polar surface area (TPSA) is 91.2 Å². The van der Waals surface area contributed by atoms with Crippen molar-refractivity contribution in [2.75, 3.05) is 26.2 Å². The summed E-state index contributed by atoms with van der Waals surface area (Å²) in [5.74, 6) is 0.831. The van der Waals surface area contributed by atoms with Crippen LogP contribution in [0.4, 0.5) is 0 Å². The molecule has 3 aromatic heterocycles. The number of hydrogen-bond acceptors (Lipinski definition) is 6. The average molecular weight is 421 g/mol. The van der Waals surface area contributed by atoms with Gasteiger partial charge in [0.15, 0.2) is 11.4 Å². The van der Waals surface area contributed by atoms with E-state index in [0.717, 1.165) is 5.39 Å². The van der Waals surface area contributed by atoms with Crippen molar-refractivity contribution in [2.45, 2.75) is 39.8 Å². The molecule has 1 atom stereocenters. The minimum Gasteiger partial charge on any atom is -0.463 e. The molecule has 4 heterocycles. The van der Waals surface area contributed by atoms with E-state index in [1.54, 1.807) is 18.5 Å². The van der Waals surface area contributed by atoms with E-state index in [4.69, 9.17) is 9.40 Å². The van der Waals surface area contributed by atoms with Crippen molar-refractivity contribution < 1.29 is 9.21 Å². The number of rotatable bonds is 5. The second-order valence-corrected chi connectivity index (χ2v) is 8.60. The monoisotopic (exact) mass is 420 g/mol. The zero-order valence-electron chi connectivity index (χ0n) is 18.4. The van der Waals surface area contributed by atoms with Gasteiger partial charge in [-0.25, -0.2) is 9.67 Å². The maximum atomic E-state index is 13.5. The maximum absolute atomic E-state index is 13.5. The largest absolute Gasteiger partial charge is 0.463 e. The van der Waals surface area contributed by atoms with Crippen LogP contribution in [-0.2, 0) is 0 Å². The zero-order valence-corrected chi connectivity index (χ0v) is 18.4. The molecule has 0 N–H and O–H groups in total. The predicted octanol–water partition coefficient (Wildman–Crippen LogP) is 3.58. The molecule has 1 amide bonds. The van der Waals surface area contributed by atoms with Gasteiger partial charge in [-0.15, -0.1) is 0 Å². The number of aromatic nitrogens is 3. The van der Waals surface area contributed by atoms with E-state index in [2.05, 4.69) is 29.9 Å². The van der Waals surface area contributed by atoms with E-state index >= 15 is 0 Å². The van der Waals surface area contributed by atoms with Crippen molar-refractivity contribution in [1.82, 2.24) is 24.6 Å². The van der Waals surface area contributed by atoms with Gasteiger partial charge >= 0.3 is 0 Å². The van der Waals surface area contributed by atoms with Gasteiger partial charge in [-0.1, -0.05) is 13.8 Å². The highest BCUT2D eigenvalue weighted by Crippen LogP contribution is 2.28. The third kappa shape index (κ3) is 3.93. The number of amides is 1. The van der Waals surface area contributed by atoms with Crippen LogP contribution < -0.4 is 0 Å². The lowest BCUT2D eigenvalue weighted by molar-refractivity contribution is 0.0578. The van der Waals surface area contributed by atoms with Crippen LogP contribution in [0.15, 0.2) is 35.1 Å². The highest BCUT2D eigenvalue weighted by Gasteiger charge is 2.29. The molecule has 8 heteroatoms. The number of nitrogens with zero attached hydrogens (tertiary/aromatic N) is 6. The van der Waals surface area contributed by atoms with Gasteiger partial charge in [-0.3, -0.25) is 9.69 Å². The van der Waals surface area contributed by atoms with Crippen LogP contribution in [0.25, 0.3) is 22.5 Å². The Balaban J connectivity index is 1.66. The number of nitriles is 1. The highest BCUT2D eigenvalue weighted by molar-refractivity contribution is 6.06. The van der Waals surface area contributed by atoms with Gasteiger partial charge in [0.25, 0.3) is 5.91 Å². The van der Waals surface area contributed by atoms with Crippen LogP contribution in [-0.4, -0.2) is 62.7 Å². The summed E-state index contributed by atoms with van der Waals surface area (Å²) in [5.41, 5.74) is 1.87. The Morgan fingerprint density at radius 3 is 2.52 bits per heavy atom. The number of piperazine rings is 1. The first-order valence-electron chi connectivity index (χ1n) is 10.8. The Hall–Kier alpha value is -3.18. The highest BCUT2D eigenvalue weighted by atomic mass is 16.3. The van der Waals surface area contributed by atoms with Crippen LogP contribution >= 0.6 is 0 Å². The second-order valence-electron chi connectivity index (χ2n) is 8.60. The number of carbonyl (C=O) groups excluding carboxylic acids is 1. The molecular weight excluding hydrogens is 392 g/mol. The smallest absolute Gasteiger partial charge is 0.254 e. The van der Waals surface area contributed by atoms with E-state index in [1.807, 2.05) is 35.6 Å².